The predicted octanol–water partition coefficient (Wildman–Crippen LogP) is 4.55. The number of nitrogens with zero attached hydrogens (tertiary/aromatic N) is 4. The minimum absolute atomic E-state index is 0.0825. The van der Waals surface area contributed by atoms with Gasteiger partial charge in [0.15, 0.2) is 11.0 Å². The molecule has 144 valence electrons. The zero-order chi connectivity index (χ0) is 19.9. The Morgan fingerprint density at radius 3 is 2.54 bits per heavy atom. The van der Waals surface area contributed by atoms with Crippen LogP contribution < -0.4 is 4.74 Å². The molecule has 0 fully saturated rings. The zero-order valence-electron chi connectivity index (χ0n) is 15.4. The second kappa shape index (κ2) is 9.18. The average Bonchev–Trinajstić information content (AvgIpc) is 3.08. The van der Waals surface area contributed by atoms with Gasteiger partial charge >= 0.3 is 0 Å². The third-order valence-electron chi connectivity index (χ3n) is 4.01. The summed E-state index contributed by atoms with van der Waals surface area (Å²) in [7, 11) is 0. The number of aromatic nitrogens is 3. The summed E-state index contributed by atoms with van der Waals surface area (Å²) in [5.74, 6) is 2.12. The Morgan fingerprint density at radius 1 is 1.18 bits per heavy atom. The molecule has 0 aliphatic rings. The largest absolute Gasteiger partial charge is 0.486 e. The average molecular weight is 396 g/mol. The molecule has 2 aromatic carbocycles. The number of benzene rings is 2. The van der Waals surface area contributed by atoms with Crippen molar-refractivity contribution in [2.24, 2.45) is 0 Å². The molecule has 7 nitrogen and oxygen atoms in total. The topological polar surface area (TPSA) is 83.1 Å². The maximum Gasteiger partial charge on any atom is 0.269 e. The highest BCUT2D eigenvalue weighted by Crippen LogP contribution is 2.24. The van der Waals surface area contributed by atoms with Crippen molar-refractivity contribution in [3.8, 4) is 5.75 Å². The zero-order valence-corrected chi connectivity index (χ0v) is 16.3. The fraction of sp³-hybridized carbons (Fsp3) is 0.200. The van der Waals surface area contributed by atoms with Crippen LogP contribution in [0.1, 0.15) is 17.0 Å². The minimum atomic E-state index is -0.405. The van der Waals surface area contributed by atoms with Crippen molar-refractivity contribution in [2.75, 3.05) is 0 Å². The smallest absolute Gasteiger partial charge is 0.269 e. The molecule has 0 atom stereocenters. The van der Waals surface area contributed by atoms with Gasteiger partial charge in [0.05, 0.1) is 4.92 Å². The van der Waals surface area contributed by atoms with E-state index in [4.69, 9.17) is 4.74 Å². The molecule has 0 amide bonds. The van der Waals surface area contributed by atoms with Crippen LogP contribution in [-0.2, 0) is 18.9 Å². The summed E-state index contributed by atoms with van der Waals surface area (Å²) in [5, 5.41) is 20.0. The molecule has 3 aromatic rings. The quantitative estimate of drug-likeness (QED) is 0.228. The first-order valence-electron chi connectivity index (χ1n) is 8.65. The van der Waals surface area contributed by atoms with Crippen molar-refractivity contribution >= 4 is 17.4 Å². The number of nitro groups is 1. The van der Waals surface area contributed by atoms with E-state index in [9.17, 15) is 10.1 Å². The van der Waals surface area contributed by atoms with Crippen LogP contribution in [0.2, 0.25) is 0 Å². The van der Waals surface area contributed by atoms with Gasteiger partial charge in [-0.2, -0.15) is 0 Å². The first kappa shape index (κ1) is 19.6. The number of rotatable bonds is 9. The third-order valence-corrected chi connectivity index (χ3v) is 5.05. The molecular formula is C20H20N4O3S. The minimum Gasteiger partial charge on any atom is -0.486 e. The number of nitro benzene ring substituents is 1. The molecule has 0 spiro atoms. The second-order valence-electron chi connectivity index (χ2n) is 6.11. The SMILES string of the molecule is C=CCn1c(COc2ccc(C)cc2)nnc1SCc1ccc([N+](=O)[O-])cc1. The van der Waals surface area contributed by atoms with Gasteiger partial charge < -0.3 is 4.74 Å². The molecule has 1 heterocycles. The van der Waals surface area contributed by atoms with Crippen LogP contribution in [0.15, 0.2) is 66.3 Å². The van der Waals surface area contributed by atoms with Crippen molar-refractivity contribution in [2.45, 2.75) is 31.0 Å². The van der Waals surface area contributed by atoms with E-state index in [1.54, 1.807) is 18.2 Å². The summed E-state index contributed by atoms with van der Waals surface area (Å²) in [5.41, 5.74) is 2.23. The third kappa shape index (κ3) is 4.98. The number of aryl methyl sites for hydroxylation is 1. The first-order valence-corrected chi connectivity index (χ1v) is 9.64. The van der Waals surface area contributed by atoms with Gasteiger partial charge in [0.2, 0.25) is 0 Å². The Kier molecular flexibility index (Phi) is 6.44. The van der Waals surface area contributed by atoms with Crippen molar-refractivity contribution in [1.29, 1.82) is 0 Å². The Morgan fingerprint density at radius 2 is 1.89 bits per heavy atom. The van der Waals surface area contributed by atoms with E-state index < -0.39 is 4.92 Å². The Bertz CT molecular complexity index is 953. The predicted molar refractivity (Wildman–Crippen MR) is 108 cm³/mol. The molecule has 0 bridgehead atoms. The summed E-state index contributed by atoms with van der Waals surface area (Å²) in [4.78, 5) is 10.3. The van der Waals surface area contributed by atoms with E-state index in [1.807, 2.05) is 35.8 Å². The number of thioether (sulfide) groups is 1. The maximum absolute atomic E-state index is 10.7. The fourth-order valence-electron chi connectivity index (χ4n) is 2.49. The Labute approximate surface area is 167 Å². The number of hydrogen-bond donors (Lipinski definition) is 0. The summed E-state index contributed by atoms with van der Waals surface area (Å²) in [6.07, 6.45) is 1.79. The molecule has 0 saturated heterocycles. The maximum atomic E-state index is 10.7. The lowest BCUT2D eigenvalue weighted by Gasteiger charge is -2.09. The van der Waals surface area contributed by atoms with Crippen molar-refractivity contribution < 1.29 is 9.66 Å². The number of ether oxygens (including phenoxy) is 1. The molecule has 1 aromatic heterocycles. The van der Waals surface area contributed by atoms with Crippen LogP contribution in [-0.4, -0.2) is 19.7 Å². The number of hydrogen-bond acceptors (Lipinski definition) is 6. The molecule has 0 aliphatic carbocycles. The van der Waals surface area contributed by atoms with E-state index in [-0.39, 0.29) is 5.69 Å². The van der Waals surface area contributed by atoms with Gasteiger partial charge in [0, 0.05) is 24.4 Å². The van der Waals surface area contributed by atoms with Gasteiger partial charge in [-0.1, -0.05) is 47.7 Å². The van der Waals surface area contributed by atoms with Gasteiger partial charge in [0.25, 0.3) is 5.69 Å². The van der Waals surface area contributed by atoms with Gasteiger partial charge in [-0.15, -0.1) is 16.8 Å². The summed E-state index contributed by atoms with van der Waals surface area (Å²) in [6, 6.07) is 14.4. The van der Waals surface area contributed by atoms with Crippen molar-refractivity contribution in [3.63, 3.8) is 0 Å². The van der Waals surface area contributed by atoms with E-state index in [1.165, 1.54) is 29.5 Å². The van der Waals surface area contributed by atoms with Gasteiger partial charge in [-0.25, -0.2) is 0 Å². The van der Waals surface area contributed by atoms with E-state index in [0.717, 1.165) is 16.5 Å². The monoisotopic (exact) mass is 396 g/mol. The van der Waals surface area contributed by atoms with E-state index in [0.29, 0.717) is 24.7 Å². The molecule has 28 heavy (non-hydrogen) atoms. The number of allylic oxidation sites excluding steroid dienone is 1. The molecule has 0 unspecified atom stereocenters. The van der Waals surface area contributed by atoms with E-state index >= 15 is 0 Å². The van der Waals surface area contributed by atoms with Gasteiger partial charge in [-0.3, -0.25) is 14.7 Å². The lowest BCUT2D eigenvalue weighted by Crippen LogP contribution is -2.07. The molecule has 8 heteroatoms. The van der Waals surface area contributed by atoms with Crippen LogP contribution in [0.5, 0.6) is 5.75 Å². The normalized spacial score (nSPS) is 10.6. The highest BCUT2D eigenvalue weighted by atomic mass is 32.2. The van der Waals surface area contributed by atoms with Gasteiger partial charge in [0.1, 0.15) is 12.4 Å². The molecule has 0 saturated carbocycles. The van der Waals surface area contributed by atoms with Crippen LogP contribution in [0, 0.1) is 17.0 Å². The number of non-ortho nitro benzene ring substituents is 1. The lowest BCUT2D eigenvalue weighted by atomic mass is 10.2. The lowest BCUT2D eigenvalue weighted by molar-refractivity contribution is -0.384. The van der Waals surface area contributed by atoms with E-state index in [2.05, 4.69) is 16.8 Å². The highest BCUT2D eigenvalue weighted by molar-refractivity contribution is 7.98. The highest BCUT2D eigenvalue weighted by Gasteiger charge is 2.13. The van der Waals surface area contributed by atoms with Crippen molar-refractivity contribution in [3.05, 3.63) is 88.3 Å². The van der Waals surface area contributed by atoms with Crippen LogP contribution in [0.3, 0.4) is 0 Å². The molecule has 0 N–H and O–H groups in total. The Balaban J connectivity index is 1.66. The van der Waals surface area contributed by atoms with Crippen LogP contribution in [0.4, 0.5) is 5.69 Å². The molecule has 0 radical (unpaired) electrons. The molecule has 3 rings (SSSR count). The van der Waals surface area contributed by atoms with Crippen molar-refractivity contribution in [1.82, 2.24) is 14.8 Å². The standard InChI is InChI=1S/C20H20N4O3S/c1-3-12-23-19(13-27-18-10-4-15(2)5-11-18)21-22-20(23)28-14-16-6-8-17(9-7-16)24(25)26/h3-11H,1,12-14H2,2H3. The Hall–Kier alpha value is -3.13. The second-order valence-corrected chi connectivity index (χ2v) is 7.05. The fourth-order valence-corrected chi connectivity index (χ4v) is 3.41. The summed E-state index contributed by atoms with van der Waals surface area (Å²) < 4.78 is 7.77. The van der Waals surface area contributed by atoms with Gasteiger partial charge in [-0.05, 0) is 24.6 Å². The summed E-state index contributed by atoms with van der Waals surface area (Å²) in [6.45, 7) is 6.71. The first-order chi connectivity index (χ1) is 13.6. The molecule has 0 aliphatic heterocycles. The summed E-state index contributed by atoms with van der Waals surface area (Å²) >= 11 is 1.51. The van der Waals surface area contributed by atoms with Crippen LogP contribution in [0.25, 0.3) is 0 Å². The van der Waals surface area contributed by atoms with Crippen LogP contribution >= 0.6 is 11.8 Å². The molecular weight excluding hydrogens is 376 g/mol.